The molecule has 0 bridgehead atoms. The minimum Gasteiger partial charge on any atom is -0.369 e. The van der Waals surface area contributed by atoms with Crippen molar-refractivity contribution in [2.75, 3.05) is 24.7 Å². The van der Waals surface area contributed by atoms with Crippen molar-refractivity contribution in [3.05, 3.63) is 60.2 Å². The number of aromatic nitrogens is 3. The zero-order valence-electron chi connectivity index (χ0n) is 15.9. The fourth-order valence-electron chi connectivity index (χ4n) is 2.65. The summed E-state index contributed by atoms with van der Waals surface area (Å²) in [4.78, 5) is 23.7. The second kappa shape index (κ2) is 8.11. The predicted molar refractivity (Wildman–Crippen MR) is 118 cm³/mol. The summed E-state index contributed by atoms with van der Waals surface area (Å²) < 4.78 is 1.00. The van der Waals surface area contributed by atoms with E-state index in [2.05, 4.69) is 30.8 Å². The van der Waals surface area contributed by atoms with Gasteiger partial charge in [0.25, 0.3) is 5.91 Å². The summed E-state index contributed by atoms with van der Waals surface area (Å²) in [5, 5.41) is 13.6. The molecule has 4 aromatic rings. The Bertz CT molecular complexity index is 1130. The summed E-state index contributed by atoms with van der Waals surface area (Å²) in [7, 11) is 3.69. The molecule has 0 atom stereocenters. The third kappa shape index (κ3) is 4.25. The molecule has 0 unspecified atom stereocenters. The van der Waals surface area contributed by atoms with Gasteiger partial charge in [0, 0.05) is 19.8 Å². The standard InChI is InChI=1S/C20H19N7OS/c1-27(2)12-21-17-16(18(26-25-17)22-13-8-4-3-5-9-13)19(28)24-20-23-14-10-6-7-11-15(14)29-20/h3-12H,1-2H3,(H2,22,25,26)(H,23,24,28). The lowest BCUT2D eigenvalue weighted by Crippen LogP contribution is -2.13. The normalized spacial score (nSPS) is 11.1. The van der Waals surface area contributed by atoms with E-state index in [9.17, 15) is 4.79 Å². The van der Waals surface area contributed by atoms with Crippen molar-refractivity contribution in [2.24, 2.45) is 4.99 Å². The number of hydrogen-bond donors (Lipinski definition) is 3. The number of aromatic amines is 1. The Hall–Kier alpha value is -3.72. The molecule has 0 fully saturated rings. The Labute approximate surface area is 171 Å². The summed E-state index contributed by atoms with van der Waals surface area (Å²) >= 11 is 1.42. The van der Waals surface area contributed by atoms with Gasteiger partial charge in [0.05, 0.1) is 16.6 Å². The molecule has 3 N–H and O–H groups in total. The van der Waals surface area contributed by atoms with Crippen molar-refractivity contribution < 1.29 is 4.79 Å². The van der Waals surface area contributed by atoms with E-state index in [0.29, 0.717) is 16.5 Å². The van der Waals surface area contributed by atoms with Crippen molar-refractivity contribution in [3.8, 4) is 0 Å². The molecule has 0 aliphatic rings. The number of aliphatic imine (C=N–C) groups is 1. The zero-order valence-corrected chi connectivity index (χ0v) is 16.7. The van der Waals surface area contributed by atoms with E-state index in [1.807, 2.05) is 68.7 Å². The van der Waals surface area contributed by atoms with Crippen LogP contribution in [0.1, 0.15) is 10.4 Å². The van der Waals surface area contributed by atoms with E-state index in [0.717, 1.165) is 15.9 Å². The molecule has 9 heteroatoms. The van der Waals surface area contributed by atoms with E-state index in [1.54, 1.807) is 11.2 Å². The number of rotatable bonds is 6. The smallest absolute Gasteiger partial charge is 0.265 e. The van der Waals surface area contributed by atoms with E-state index < -0.39 is 0 Å². The summed E-state index contributed by atoms with van der Waals surface area (Å²) in [6.07, 6.45) is 1.59. The summed E-state index contributed by atoms with van der Waals surface area (Å²) in [5.74, 6) is 0.401. The topological polar surface area (TPSA) is 98.3 Å². The summed E-state index contributed by atoms with van der Waals surface area (Å²) in [6, 6.07) is 17.3. The van der Waals surface area contributed by atoms with Crippen LogP contribution in [-0.2, 0) is 0 Å². The van der Waals surface area contributed by atoms with Crippen LogP contribution < -0.4 is 10.6 Å². The number of thiazole rings is 1. The number of para-hydroxylation sites is 2. The minimum atomic E-state index is -0.345. The third-order valence-electron chi connectivity index (χ3n) is 3.94. The van der Waals surface area contributed by atoms with Gasteiger partial charge in [0.1, 0.15) is 11.4 Å². The third-order valence-corrected chi connectivity index (χ3v) is 4.89. The predicted octanol–water partition coefficient (Wildman–Crippen LogP) is 4.24. The first-order valence-electron chi connectivity index (χ1n) is 8.88. The van der Waals surface area contributed by atoms with Gasteiger partial charge in [-0.15, -0.1) is 0 Å². The van der Waals surface area contributed by atoms with Crippen molar-refractivity contribution >= 4 is 56.3 Å². The van der Waals surface area contributed by atoms with Crippen LogP contribution in [-0.4, -0.2) is 46.4 Å². The number of carbonyl (C=O) groups is 1. The Morgan fingerprint density at radius 1 is 1.14 bits per heavy atom. The molecular formula is C20H19N7OS. The molecule has 29 heavy (non-hydrogen) atoms. The first kappa shape index (κ1) is 18.6. The molecule has 0 saturated carbocycles. The quantitative estimate of drug-likeness (QED) is 0.329. The second-order valence-corrected chi connectivity index (χ2v) is 7.47. The highest BCUT2D eigenvalue weighted by Crippen LogP contribution is 2.30. The molecule has 2 heterocycles. The van der Waals surface area contributed by atoms with Crippen LogP contribution in [0.15, 0.2) is 59.6 Å². The molecule has 4 rings (SSSR count). The van der Waals surface area contributed by atoms with E-state index in [4.69, 9.17) is 0 Å². The summed E-state index contributed by atoms with van der Waals surface area (Å²) in [5.41, 5.74) is 1.98. The van der Waals surface area contributed by atoms with Crippen LogP contribution in [0.2, 0.25) is 0 Å². The van der Waals surface area contributed by atoms with Gasteiger partial charge < -0.3 is 10.2 Å². The molecule has 2 aromatic carbocycles. The number of nitrogens with zero attached hydrogens (tertiary/aromatic N) is 4. The van der Waals surface area contributed by atoms with Crippen LogP contribution in [0.5, 0.6) is 0 Å². The number of fused-ring (bicyclic) bond motifs is 1. The Kier molecular flexibility index (Phi) is 5.21. The van der Waals surface area contributed by atoms with E-state index >= 15 is 0 Å². The van der Waals surface area contributed by atoms with Crippen LogP contribution in [0.3, 0.4) is 0 Å². The maximum absolute atomic E-state index is 13.1. The highest BCUT2D eigenvalue weighted by Gasteiger charge is 2.22. The fourth-order valence-corrected chi connectivity index (χ4v) is 3.51. The van der Waals surface area contributed by atoms with Gasteiger partial charge in [0.2, 0.25) is 0 Å². The lowest BCUT2D eigenvalue weighted by Gasteiger charge is -2.07. The van der Waals surface area contributed by atoms with Gasteiger partial charge in [-0.1, -0.05) is 41.7 Å². The number of carbonyl (C=O) groups excluding carboxylic acids is 1. The molecule has 0 aliphatic carbocycles. The molecule has 146 valence electrons. The van der Waals surface area contributed by atoms with Crippen LogP contribution in [0, 0.1) is 0 Å². The SMILES string of the molecule is CN(C)C=Nc1n[nH]c(Nc2ccccc2)c1C(=O)Nc1nc2ccccc2s1. The van der Waals surface area contributed by atoms with Gasteiger partial charge in [-0.25, -0.2) is 9.98 Å². The Morgan fingerprint density at radius 2 is 1.90 bits per heavy atom. The second-order valence-electron chi connectivity index (χ2n) is 6.44. The average Bonchev–Trinajstić information content (AvgIpc) is 3.30. The largest absolute Gasteiger partial charge is 0.369 e. The molecule has 0 spiro atoms. The Balaban J connectivity index is 1.66. The maximum Gasteiger partial charge on any atom is 0.265 e. The van der Waals surface area contributed by atoms with Gasteiger partial charge >= 0.3 is 0 Å². The molecule has 0 saturated heterocycles. The van der Waals surface area contributed by atoms with Crippen molar-refractivity contribution in [1.29, 1.82) is 0 Å². The minimum absolute atomic E-state index is 0.288. The molecular weight excluding hydrogens is 386 g/mol. The lowest BCUT2D eigenvalue weighted by atomic mass is 10.2. The average molecular weight is 405 g/mol. The maximum atomic E-state index is 13.1. The first-order valence-corrected chi connectivity index (χ1v) is 9.70. The number of anilines is 3. The molecule has 8 nitrogen and oxygen atoms in total. The van der Waals surface area contributed by atoms with Crippen LogP contribution in [0.25, 0.3) is 10.2 Å². The van der Waals surface area contributed by atoms with Crippen molar-refractivity contribution in [1.82, 2.24) is 20.1 Å². The van der Waals surface area contributed by atoms with E-state index in [1.165, 1.54) is 11.3 Å². The first-order chi connectivity index (χ1) is 14.1. The molecule has 0 aliphatic heterocycles. The zero-order chi connectivity index (χ0) is 20.2. The number of H-pyrrole nitrogens is 1. The van der Waals surface area contributed by atoms with Gasteiger partial charge in [-0.05, 0) is 24.3 Å². The number of amides is 1. The number of nitrogens with one attached hydrogen (secondary N) is 3. The molecule has 2 aromatic heterocycles. The molecule has 1 amide bonds. The lowest BCUT2D eigenvalue weighted by molar-refractivity contribution is 0.102. The van der Waals surface area contributed by atoms with Gasteiger partial charge in [-0.3, -0.25) is 15.2 Å². The number of benzene rings is 2. The number of hydrogen-bond acceptors (Lipinski definition) is 6. The van der Waals surface area contributed by atoms with Gasteiger partial charge in [0.15, 0.2) is 10.9 Å². The van der Waals surface area contributed by atoms with Crippen molar-refractivity contribution in [3.63, 3.8) is 0 Å². The highest BCUT2D eigenvalue weighted by molar-refractivity contribution is 7.22. The molecule has 0 radical (unpaired) electrons. The van der Waals surface area contributed by atoms with Crippen LogP contribution in [0.4, 0.5) is 22.5 Å². The van der Waals surface area contributed by atoms with Gasteiger partial charge in [-0.2, -0.15) is 5.10 Å². The monoisotopic (exact) mass is 405 g/mol. The summed E-state index contributed by atoms with van der Waals surface area (Å²) in [6.45, 7) is 0. The van der Waals surface area contributed by atoms with E-state index in [-0.39, 0.29) is 11.7 Å². The fraction of sp³-hybridized carbons (Fsp3) is 0.100. The van der Waals surface area contributed by atoms with Crippen LogP contribution >= 0.6 is 11.3 Å². The Morgan fingerprint density at radius 3 is 2.66 bits per heavy atom. The highest BCUT2D eigenvalue weighted by atomic mass is 32.1. The van der Waals surface area contributed by atoms with Crippen molar-refractivity contribution in [2.45, 2.75) is 0 Å².